The molecule has 11 rings (SSSR count). The van der Waals surface area contributed by atoms with E-state index in [2.05, 4.69) is 43.7 Å². The predicted molar refractivity (Wildman–Crippen MR) is 237 cm³/mol. The molecule has 3 saturated carbocycles. The van der Waals surface area contributed by atoms with Crippen molar-refractivity contribution in [3.05, 3.63) is 70.2 Å². The van der Waals surface area contributed by atoms with Gasteiger partial charge in [-0.3, -0.25) is 33.5 Å². The van der Waals surface area contributed by atoms with Crippen molar-refractivity contribution in [2.24, 2.45) is 24.3 Å². The second-order valence-electron chi connectivity index (χ2n) is 20.1. The fraction of sp³-hybridized carbons (Fsp3) is 0.596. The molecule has 3 aliphatic carbocycles. The Balaban J connectivity index is 0.664. The molecule has 6 fully saturated rings. The zero-order valence-electron chi connectivity index (χ0n) is 37.0. The smallest absolute Gasteiger partial charge is 0.329 e. The number of ether oxygens (including phenoxy) is 1. The second kappa shape index (κ2) is 16.4. The van der Waals surface area contributed by atoms with E-state index in [0.717, 1.165) is 74.0 Å². The Kier molecular flexibility index (Phi) is 10.7. The largest absolute Gasteiger partial charge is 0.374 e. The summed E-state index contributed by atoms with van der Waals surface area (Å²) >= 11 is 0. The molecule has 7 heterocycles. The summed E-state index contributed by atoms with van der Waals surface area (Å²) in [6.45, 7) is 2.40. The number of rotatable bonds is 11. The molecule has 4 aromatic heterocycles. The predicted octanol–water partition coefficient (Wildman–Crippen LogP) is 5.97. The molecule has 2 N–H and O–H groups in total. The van der Waals surface area contributed by atoms with Gasteiger partial charge in [0.05, 0.1) is 47.7 Å². The highest BCUT2D eigenvalue weighted by Gasteiger charge is 2.47. The average Bonchev–Trinajstić information content (AvgIpc) is 4.14. The molecule has 65 heavy (non-hydrogen) atoms. The van der Waals surface area contributed by atoms with Crippen LogP contribution in [-0.2, 0) is 27.8 Å². The molecule has 1 aromatic carbocycles. The van der Waals surface area contributed by atoms with E-state index < -0.39 is 30.0 Å². The number of alkyl halides is 2. The second-order valence-corrected chi connectivity index (χ2v) is 20.1. The SMILES string of the molecule is CN(CC1CCC(n2cc(NC(=O)c3cnn4ccc(N5C[C@H]6C[C@@H]5CO6)nc34)c(C(F)F)n2)CC1)C1CCC2(CC1)CC(Cc1cccc3c1n(C)c(=O)n3C1CCC(=O)NC1=O)C2. The Hall–Kier alpha value is -5.49. The lowest BCUT2D eigenvalue weighted by atomic mass is 9.54. The molecule has 1 spiro atoms. The van der Waals surface area contributed by atoms with Crippen LogP contribution < -0.4 is 21.2 Å². The monoisotopic (exact) mass is 893 g/mol. The standard InChI is InChI=1S/C47H57F2N11O5/c1-55(30-12-15-47(16-13-30)20-28(21-47)18-29-4-3-5-36-41(29)56(2)46(64)60(36)37-10-11-39(61)53-45(37)63)23-27-6-8-31(9-7-27)59-25-35(40(54-59)42(48)49)51-44(62)34-22-50-58-17-14-38(52-43(34)58)57-24-33-19-32(57)26-65-33/h3-5,14,17,22,25,27-28,30-33,37,42H,6-13,15-16,18-21,23-24,26H2,1-2H3,(H,51,62)(H,53,61,63)/t27?,28?,30?,31?,32-,33-,37?,47?/m1/s1. The fourth-order valence-corrected chi connectivity index (χ4v) is 12.6. The summed E-state index contributed by atoms with van der Waals surface area (Å²) in [6.07, 6.45) is 15.3. The summed E-state index contributed by atoms with van der Waals surface area (Å²) in [5, 5.41) is 13.7. The molecule has 16 nitrogen and oxygen atoms in total. The van der Waals surface area contributed by atoms with Crippen molar-refractivity contribution < 1.29 is 27.9 Å². The van der Waals surface area contributed by atoms with Gasteiger partial charge in [-0.1, -0.05) is 12.1 Å². The van der Waals surface area contributed by atoms with Crippen molar-refractivity contribution in [2.45, 2.75) is 127 Å². The molecule has 3 amide bonds. The van der Waals surface area contributed by atoms with Crippen LogP contribution >= 0.6 is 0 Å². The number of fused-ring (bicyclic) bond motifs is 4. The van der Waals surface area contributed by atoms with E-state index in [1.807, 2.05) is 18.2 Å². The lowest BCUT2D eigenvalue weighted by Crippen LogP contribution is -2.46. The van der Waals surface area contributed by atoms with Gasteiger partial charge in [0.1, 0.15) is 17.4 Å². The van der Waals surface area contributed by atoms with Gasteiger partial charge in [-0.15, -0.1) is 0 Å². The van der Waals surface area contributed by atoms with Crippen LogP contribution in [0.25, 0.3) is 16.7 Å². The van der Waals surface area contributed by atoms with Crippen LogP contribution in [-0.4, -0.2) is 101 Å². The Bertz CT molecular complexity index is 2720. The van der Waals surface area contributed by atoms with Crippen LogP contribution in [0.4, 0.5) is 20.3 Å². The number of halogens is 2. The summed E-state index contributed by atoms with van der Waals surface area (Å²) in [5.41, 5.74) is 3.07. The number of imide groups is 1. The number of hydrogen-bond donors (Lipinski definition) is 2. The number of aromatic nitrogens is 7. The van der Waals surface area contributed by atoms with Crippen LogP contribution in [0.15, 0.2) is 47.7 Å². The number of nitrogens with zero attached hydrogens (tertiary/aromatic N) is 9. The molecule has 3 aliphatic heterocycles. The van der Waals surface area contributed by atoms with Gasteiger partial charge < -0.3 is 19.9 Å². The number of amides is 3. The number of carbonyl (C=O) groups is 3. The van der Waals surface area contributed by atoms with Crippen molar-refractivity contribution >= 4 is 45.9 Å². The number of aryl methyl sites for hydroxylation is 1. The first-order chi connectivity index (χ1) is 31.4. The van der Waals surface area contributed by atoms with E-state index in [-0.39, 0.29) is 47.5 Å². The Morgan fingerprint density at radius 2 is 1.83 bits per heavy atom. The van der Waals surface area contributed by atoms with Crippen LogP contribution in [0.1, 0.15) is 124 Å². The summed E-state index contributed by atoms with van der Waals surface area (Å²) in [6, 6.07) is 7.95. The number of morpholine rings is 1. The molecule has 18 heteroatoms. The summed E-state index contributed by atoms with van der Waals surface area (Å²) in [5.74, 6) is 0.537. The van der Waals surface area contributed by atoms with Gasteiger partial charge in [-0.05, 0) is 125 Å². The zero-order valence-corrected chi connectivity index (χ0v) is 37.0. The highest BCUT2D eigenvalue weighted by Crippen LogP contribution is 2.56. The number of anilines is 2. The van der Waals surface area contributed by atoms with Crippen LogP contribution in [0.3, 0.4) is 0 Å². The third-order valence-corrected chi connectivity index (χ3v) is 16.0. The van der Waals surface area contributed by atoms with E-state index in [0.29, 0.717) is 42.0 Å². The van der Waals surface area contributed by atoms with Crippen molar-refractivity contribution in [3.63, 3.8) is 0 Å². The maximum absolute atomic E-state index is 14.4. The van der Waals surface area contributed by atoms with Gasteiger partial charge in [0, 0.05) is 45.0 Å². The first-order valence-electron chi connectivity index (χ1n) is 23.5. The number of nitrogens with one attached hydrogen (secondary N) is 2. The zero-order chi connectivity index (χ0) is 44.7. The molecule has 3 atom stereocenters. The normalized spacial score (nSPS) is 29.1. The molecular weight excluding hydrogens is 837 g/mol. The van der Waals surface area contributed by atoms with E-state index >= 15 is 0 Å². The van der Waals surface area contributed by atoms with Crippen molar-refractivity contribution in [1.29, 1.82) is 0 Å². The van der Waals surface area contributed by atoms with E-state index in [4.69, 9.17) is 9.72 Å². The minimum absolute atomic E-state index is 0.00950. The average molecular weight is 894 g/mol. The number of para-hydroxylation sites is 1. The fourth-order valence-electron chi connectivity index (χ4n) is 12.6. The van der Waals surface area contributed by atoms with Crippen LogP contribution in [0.5, 0.6) is 0 Å². The number of benzene rings is 1. The third kappa shape index (κ3) is 7.63. The molecule has 2 bridgehead atoms. The highest BCUT2D eigenvalue weighted by molar-refractivity contribution is 6.08. The minimum Gasteiger partial charge on any atom is -0.374 e. The number of imidazole rings is 1. The first-order valence-corrected chi connectivity index (χ1v) is 23.5. The van der Waals surface area contributed by atoms with Gasteiger partial charge in [-0.2, -0.15) is 10.2 Å². The molecule has 0 radical (unpaired) electrons. The lowest BCUT2D eigenvalue weighted by molar-refractivity contribution is -0.135. The van der Waals surface area contributed by atoms with Crippen molar-refractivity contribution in [3.8, 4) is 0 Å². The molecule has 344 valence electrons. The summed E-state index contributed by atoms with van der Waals surface area (Å²) in [7, 11) is 4.03. The maximum Gasteiger partial charge on any atom is 0.329 e. The summed E-state index contributed by atoms with van der Waals surface area (Å²) in [4.78, 5) is 61.1. The van der Waals surface area contributed by atoms with Crippen LogP contribution in [0.2, 0.25) is 0 Å². The number of hydrogen-bond acceptors (Lipinski definition) is 10. The molecule has 5 aromatic rings. The molecule has 3 saturated heterocycles. The van der Waals surface area contributed by atoms with E-state index in [1.165, 1.54) is 49.2 Å². The summed E-state index contributed by atoms with van der Waals surface area (Å²) < 4.78 is 40.9. The van der Waals surface area contributed by atoms with E-state index in [1.54, 1.807) is 33.3 Å². The Morgan fingerprint density at radius 3 is 2.55 bits per heavy atom. The topological polar surface area (TPSA) is 166 Å². The van der Waals surface area contributed by atoms with E-state index in [9.17, 15) is 28.0 Å². The highest BCUT2D eigenvalue weighted by atomic mass is 19.3. The van der Waals surface area contributed by atoms with Gasteiger partial charge in [0.2, 0.25) is 11.8 Å². The first kappa shape index (κ1) is 42.2. The van der Waals surface area contributed by atoms with Crippen molar-refractivity contribution in [2.75, 3.05) is 37.0 Å². The molecular formula is C47H57F2N11O5. The maximum atomic E-state index is 14.4. The van der Waals surface area contributed by atoms with Gasteiger partial charge in [0.25, 0.3) is 12.3 Å². The Labute approximate surface area is 374 Å². The number of carbonyl (C=O) groups excluding carboxylic acids is 3. The van der Waals surface area contributed by atoms with Crippen molar-refractivity contribution in [1.82, 2.24) is 43.7 Å². The third-order valence-electron chi connectivity index (χ3n) is 16.0. The van der Waals surface area contributed by atoms with Gasteiger partial charge >= 0.3 is 5.69 Å². The van der Waals surface area contributed by atoms with Gasteiger partial charge in [-0.25, -0.2) is 23.1 Å². The van der Waals surface area contributed by atoms with Gasteiger partial charge in [0.15, 0.2) is 11.3 Å². The minimum atomic E-state index is -2.85. The lowest BCUT2D eigenvalue weighted by Gasteiger charge is -2.53. The van der Waals surface area contributed by atoms with Crippen LogP contribution in [0, 0.1) is 17.3 Å². The molecule has 1 unspecified atom stereocenters. The Morgan fingerprint density at radius 1 is 1.03 bits per heavy atom. The molecule has 6 aliphatic rings. The quantitative estimate of drug-likeness (QED) is 0.151. The number of piperidine rings is 1.